The van der Waals surface area contributed by atoms with E-state index in [1.807, 2.05) is 30.3 Å². The van der Waals surface area contributed by atoms with Crippen molar-refractivity contribution in [3.8, 4) is 11.5 Å². The first-order valence-corrected chi connectivity index (χ1v) is 7.11. The third kappa shape index (κ3) is 3.26. The summed E-state index contributed by atoms with van der Waals surface area (Å²) in [5, 5.41) is 9.02. The van der Waals surface area contributed by atoms with Crippen LogP contribution in [-0.2, 0) is 17.8 Å². The van der Waals surface area contributed by atoms with Gasteiger partial charge in [-0.1, -0.05) is 24.3 Å². The van der Waals surface area contributed by atoms with E-state index >= 15 is 0 Å². The molecule has 6 nitrogen and oxygen atoms in total. The zero-order valence-electron chi connectivity index (χ0n) is 12.6. The van der Waals surface area contributed by atoms with E-state index in [1.54, 1.807) is 19.2 Å². The Kier molecular flexibility index (Phi) is 4.14. The molecular formula is C17H16N2O4. The monoisotopic (exact) mass is 312 g/mol. The number of rotatable bonds is 6. The molecular weight excluding hydrogens is 296 g/mol. The lowest BCUT2D eigenvalue weighted by Crippen LogP contribution is -2.01. The highest BCUT2D eigenvalue weighted by Gasteiger charge is 2.14. The zero-order valence-corrected chi connectivity index (χ0v) is 12.6. The predicted octanol–water partition coefficient (Wildman–Crippen LogP) is 2.78. The lowest BCUT2D eigenvalue weighted by Gasteiger charge is -2.03. The minimum atomic E-state index is -0.901. The lowest BCUT2D eigenvalue weighted by atomic mass is 10.1. The average Bonchev–Trinajstić information content (AvgIpc) is 2.98. The van der Waals surface area contributed by atoms with Crippen LogP contribution >= 0.6 is 0 Å². The third-order valence-electron chi connectivity index (χ3n) is 3.42. The number of carbonyl (C=O) groups is 1. The highest BCUT2D eigenvalue weighted by Crippen LogP contribution is 2.27. The fraction of sp³-hybridized carbons (Fsp3) is 0.176. The molecule has 1 aromatic heterocycles. The minimum Gasteiger partial charge on any atom is -0.494 e. The number of hydrogen-bond acceptors (Lipinski definition) is 4. The minimum absolute atomic E-state index is 0.0929. The summed E-state index contributed by atoms with van der Waals surface area (Å²) in [6, 6.07) is 12.9. The van der Waals surface area contributed by atoms with Crippen molar-refractivity contribution in [1.82, 2.24) is 9.97 Å². The van der Waals surface area contributed by atoms with Gasteiger partial charge in [-0.3, -0.25) is 4.79 Å². The van der Waals surface area contributed by atoms with E-state index in [9.17, 15) is 4.79 Å². The molecule has 2 N–H and O–H groups in total. The van der Waals surface area contributed by atoms with Crippen LogP contribution in [0.3, 0.4) is 0 Å². The highest BCUT2D eigenvalue weighted by atomic mass is 16.5. The maximum Gasteiger partial charge on any atom is 0.307 e. The summed E-state index contributed by atoms with van der Waals surface area (Å²) in [6.45, 7) is 0.258. The van der Waals surface area contributed by atoms with Gasteiger partial charge in [-0.25, -0.2) is 4.98 Å². The second-order valence-corrected chi connectivity index (χ2v) is 5.01. The first-order valence-electron chi connectivity index (χ1n) is 7.11. The number of methoxy groups -OCH3 is 1. The number of para-hydroxylation sites is 1. The summed E-state index contributed by atoms with van der Waals surface area (Å²) in [7, 11) is 1.56. The number of H-pyrrole nitrogens is 1. The van der Waals surface area contributed by atoms with Gasteiger partial charge in [0.15, 0.2) is 0 Å². The molecule has 0 atom stereocenters. The SMILES string of the molecule is COc1ccc(CC(=O)O)c2nc(COc3ccccc3)[nH]c12. The fourth-order valence-electron chi connectivity index (χ4n) is 2.38. The van der Waals surface area contributed by atoms with Crippen LogP contribution in [0.2, 0.25) is 0 Å². The second-order valence-electron chi connectivity index (χ2n) is 5.01. The number of aromatic nitrogens is 2. The lowest BCUT2D eigenvalue weighted by molar-refractivity contribution is -0.136. The quantitative estimate of drug-likeness (QED) is 0.731. The summed E-state index contributed by atoms with van der Waals surface area (Å²) in [5.74, 6) is 1.07. The van der Waals surface area contributed by atoms with Gasteiger partial charge in [-0.05, 0) is 23.8 Å². The molecule has 1 heterocycles. The molecule has 3 aromatic rings. The summed E-state index contributed by atoms with van der Waals surface area (Å²) in [6.07, 6.45) is -0.0929. The Morgan fingerprint density at radius 2 is 2.00 bits per heavy atom. The maximum atomic E-state index is 11.0. The van der Waals surface area contributed by atoms with E-state index < -0.39 is 5.97 Å². The molecule has 23 heavy (non-hydrogen) atoms. The number of benzene rings is 2. The first-order chi connectivity index (χ1) is 11.2. The van der Waals surface area contributed by atoms with Crippen molar-refractivity contribution in [2.24, 2.45) is 0 Å². The Labute approximate surface area is 132 Å². The molecule has 0 bridgehead atoms. The highest BCUT2D eigenvalue weighted by molar-refractivity contribution is 5.87. The van der Waals surface area contributed by atoms with Crippen LogP contribution in [0.25, 0.3) is 11.0 Å². The maximum absolute atomic E-state index is 11.0. The topological polar surface area (TPSA) is 84.4 Å². The number of carboxylic acid groups (broad SMARTS) is 1. The van der Waals surface area contributed by atoms with Crippen molar-refractivity contribution in [2.45, 2.75) is 13.0 Å². The van der Waals surface area contributed by atoms with Gasteiger partial charge in [0.25, 0.3) is 0 Å². The molecule has 0 spiro atoms. The molecule has 0 aliphatic heterocycles. The van der Waals surface area contributed by atoms with Gasteiger partial charge in [0.1, 0.15) is 29.4 Å². The Morgan fingerprint density at radius 3 is 2.70 bits per heavy atom. The van der Waals surface area contributed by atoms with Gasteiger partial charge >= 0.3 is 5.97 Å². The number of imidazole rings is 1. The predicted molar refractivity (Wildman–Crippen MR) is 84.8 cm³/mol. The third-order valence-corrected chi connectivity index (χ3v) is 3.42. The van der Waals surface area contributed by atoms with Gasteiger partial charge in [-0.2, -0.15) is 0 Å². The molecule has 0 fully saturated rings. The van der Waals surface area contributed by atoms with E-state index in [1.165, 1.54) is 0 Å². The number of aliphatic carboxylic acids is 1. The molecule has 0 saturated carbocycles. The average molecular weight is 312 g/mol. The Hall–Kier alpha value is -3.02. The molecule has 0 aliphatic carbocycles. The van der Waals surface area contributed by atoms with Crippen molar-refractivity contribution < 1.29 is 19.4 Å². The summed E-state index contributed by atoms with van der Waals surface area (Å²) in [5.41, 5.74) is 1.91. The van der Waals surface area contributed by atoms with Crippen LogP contribution in [-0.4, -0.2) is 28.2 Å². The summed E-state index contributed by atoms with van der Waals surface area (Å²) < 4.78 is 11.0. The molecule has 3 rings (SSSR count). The molecule has 0 saturated heterocycles. The number of nitrogens with zero attached hydrogens (tertiary/aromatic N) is 1. The van der Waals surface area contributed by atoms with Crippen LogP contribution in [0, 0.1) is 0 Å². The van der Waals surface area contributed by atoms with Gasteiger partial charge in [0.2, 0.25) is 0 Å². The van der Waals surface area contributed by atoms with Gasteiger partial charge in [0.05, 0.1) is 19.0 Å². The first kappa shape index (κ1) is 14.9. The van der Waals surface area contributed by atoms with Crippen LogP contribution in [0.4, 0.5) is 0 Å². The molecule has 0 amide bonds. The zero-order chi connectivity index (χ0) is 16.2. The molecule has 0 unspecified atom stereocenters. The fourth-order valence-corrected chi connectivity index (χ4v) is 2.38. The summed E-state index contributed by atoms with van der Waals surface area (Å²) >= 11 is 0. The van der Waals surface area contributed by atoms with Crippen LogP contribution < -0.4 is 9.47 Å². The number of carboxylic acids is 1. The Bertz CT molecular complexity index is 827. The number of aromatic amines is 1. The standard InChI is InChI=1S/C17H16N2O4/c1-22-13-8-7-11(9-15(20)21)16-17(13)19-14(18-16)10-23-12-5-3-2-4-6-12/h2-8H,9-10H2,1H3,(H,18,19)(H,20,21). The van der Waals surface area contributed by atoms with Crippen LogP contribution in [0.1, 0.15) is 11.4 Å². The van der Waals surface area contributed by atoms with Crippen molar-refractivity contribution in [3.05, 3.63) is 53.9 Å². The van der Waals surface area contributed by atoms with Crippen molar-refractivity contribution in [1.29, 1.82) is 0 Å². The van der Waals surface area contributed by atoms with Crippen molar-refractivity contribution in [2.75, 3.05) is 7.11 Å². The van der Waals surface area contributed by atoms with Crippen molar-refractivity contribution in [3.63, 3.8) is 0 Å². The number of ether oxygens (including phenoxy) is 2. The van der Waals surface area contributed by atoms with E-state index in [0.29, 0.717) is 28.2 Å². The van der Waals surface area contributed by atoms with Crippen molar-refractivity contribution >= 4 is 17.0 Å². The summed E-state index contributed by atoms with van der Waals surface area (Å²) in [4.78, 5) is 18.6. The van der Waals surface area contributed by atoms with Crippen LogP contribution in [0.5, 0.6) is 11.5 Å². The Balaban J connectivity index is 1.91. The number of nitrogens with one attached hydrogen (secondary N) is 1. The molecule has 6 heteroatoms. The van der Waals surface area contributed by atoms with E-state index in [-0.39, 0.29) is 13.0 Å². The van der Waals surface area contributed by atoms with Crippen LogP contribution in [0.15, 0.2) is 42.5 Å². The Morgan fingerprint density at radius 1 is 1.22 bits per heavy atom. The molecule has 118 valence electrons. The normalized spacial score (nSPS) is 10.7. The molecule has 2 aromatic carbocycles. The van der Waals surface area contributed by atoms with Gasteiger partial charge in [0, 0.05) is 0 Å². The molecule has 0 radical (unpaired) electrons. The van der Waals surface area contributed by atoms with E-state index in [2.05, 4.69) is 9.97 Å². The van der Waals surface area contributed by atoms with Gasteiger partial charge in [-0.15, -0.1) is 0 Å². The smallest absolute Gasteiger partial charge is 0.307 e. The molecule has 0 aliphatic rings. The second kappa shape index (κ2) is 6.39. The number of fused-ring (bicyclic) bond motifs is 1. The van der Waals surface area contributed by atoms with E-state index in [0.717, 1.165) is 5.75 Å². The van der Waals surface area contributed by atoms with E-state index in [4.69, 9.17) is 14.6 Å². The van der Waals surface area contributed by atoms with Gasteiger partial charge < -0.3 is 19.6 Å². The largest absolute Gasteiger partial charge is 0.494 e. The number of hydrogen-bond donors (Lipinski definition) is 2.